The first kappa shape index (κ1) is 57.6. The number of halogens is 16. The third kappa shape index (κ3) is 14.6. The SMILES string of the molecule is N[C@@](Cc1ccccc1)(c1cc(F)cc(OC(F)(F)C(F)F)c1)c1ccc(Cl)cn1.O=C(N[C@@](Cc1ccccc1)(c1cc(F)cc(OC(F)(F)C(F)F)c1)c1ccc(Cl)cn1)C1CC1(F)F.O=C(O)C1CC1(F)F. The number of carbonyl (C=O) groups is 2. The van der Waals surface area contributed by atoms with E-state index in [1.807, 2.05) is 0 Å². The van der Waals surface area contributed by atoms with Gasteiger partial charge in [0, 0.05) is 50.2 Å². The summed E-state index contributed by atoms with van der Waals surface area (Å²) in [6, 6.07) is 27.6. The number of rotatable bonds is 17. The molecule has 4 N–H and O–H groups in total. The molecule has 0 aliphatic heterocycles. The Morgan fingerprint density at radius 2 is 1.05 bits per heavy atom. The van der Waals surface area contributed by atoms with Crippen molar-refractivity contribution in [2.45, 2.75) is 73.7 Å². The molecule has 0 saturated heterocycles. The number of aliphatic carboxylic acids is 1. The smallest absolute Gasteiger partial charge is 0.461 e. The highest BCUT2D eigenvalue weighted by Crippen LogP contribution is 2.50. The molecule has 2 unspecified atom stereocenters. The number of benzene rings is 4. The molecule has 2 fully saturated rings. The van der Waals surface area contributed by atoms with E-state index in [2.05, 4.69) is 24.8 Å². The summed E-state index contributed by atoms with van der Waals surface area (Å²) in [5.41, 5.74) is 4.50. The molecule has 0 bridgehead atoms. The van der Waals surface area contributed by atoms with E-state index in [4.69, 9.17) is 34.0 Å². The Morgan fingerprint density at radius 1 is 0.640 bits per heavy atom. The number of hydrogen-bond donors (Lipinski definition) is 3. The lowest BCUT2D eigenvalue weighted by atomic mass is 9.80. The molecule has 0 radical (unpaired) electrons. The summed E-state index contributed by atoms with van der Waals surface area (Å²) in [6.07, 6.45) is -16.8. The number of carboxylic acids is 1. The minimum atomic E-state index is -4.95. The molecule has 0 spiro atoms. The van der Waals surface area contributed by atoms with Gasteiger partial charge in [-0.3, -0.25) is 19.6 Å². The topological polar surface area (TPSA) is 137 Å². The van der Waals surface area contributed by atoms with Gasteiger partial charge in [0.1, 0.15) is 40.5 Å². The molecule has 1 amide bonds. The molecule has 400 valence electrons. The van der Waals surface area contributed by atoms with Crippen LogP contribution in [0.15, 0.2) is 134 Å². The number of nitrogens with one attached hydrogen (secondary N) is 1. The Hall–Kier alpha value is -6.72. The van der Waals surface area contributed by atoms with E-state index in [0.29, 0.717) is 22.7 Å². The van der Waals surface area contributed by atoms with Gasteiger partial charge in [-0.15, -0.1) is 0 Å². The number of carboxylic acid groups (broad SMARTS) is 1. The summed E-state index contributed by atoms with van der Waals surface area (Å²) in [7, 11) is 0. The minimum Gasteiger partial charge on any atom is -0.481 e. The highest BCUT2D eigenvalue weighted by Gasteiger charge is 2.63. The number of carbonyl (C=O) groups excluding carboxylic acids is 1. The maximum absolute atomic E-state index is 14.7. The number of aromatic nitrogens is 2. The van der Waals surface area contributed by atoms with Crippen LogP contribution in [0, 0.1) is 23.5 Å². The first-order valence-corrected chi connectivity index (χ1v) is 22.5. The van der Waals surface area contributed by atoms with Gasteiger partial charge in [0.25, 0.3) is 11.8 Å². The summed E-state index contributed by atoms with van der Waals surface area (Å²) in [5, 5.41) is 10.9. The largest absolute Gasteiger partial charge is 0.481 e. The third-order valence-corrected chi connectivity index (χ3v) is 11.8. The van der Waals surface area contributed by atoms with Crippen molar-refractivity contribution in [3.05, 3.63) is 189 Å². The summed E-state index contributed by atoms with van der Waals surface area (Å²) in [6.45, 7) is 0. The molecule has 2 aliphatic carbocycles. The van der Waals surface area contributed by atoms with Crippen LogP contribution in [-0.4, -0.2) is 63.9 Å². The molecule has 75 heavy (non-hydrogen) atoms. The number of pyridine rings is 2. The molecule has 2 aliphatic rings. The Balaban J connectivity index is 0.000000215. The van der Waals surface area contributed by atoms with Crippen molar-refractivity contribution in [3.8, 4) is 11.5 Å². The molecule has 2 aromatic heterocycles. The van der Waals surface area contributed by atoms with E-state index in [9.17, 15) is 71.1 Å². The van der Waals surface area contributed by atoms with E-state index in [0.717, 1.165) is 29.8 Å². The monoisotopic (exact) mass is 1110 g/mol. The molecule has 4 atom stereocenters. The lowest BCUT2D eigenvalue weighted by Gasteiger charge is -2.36. The lowest BCUT2D eigenvalue weighted by molar-refractivity contribution is -0.253. The Kier molecular flexibility index (Phi) is 17.4. The number of alkyl halides is 12. The highest BCUT2D eigenvalue weighted by atomic mass is 35.5. The number of amides is 1. The average Bonchev–Trinajstić information content (AvgIpc) is 4.20. The van der Waals surface area contributed by atoms with Gasteiger partial charge in [-0.05, 0) is 70.8 Å². The van der Waals surface area contributed by atoms with Crippen molar-refractivity contribution >= 4 is 35.1 Å². The van der Waals surface area contributed by atoms with Gasteiger partial charge in [0.05, 0.1) is 27.0 Å². The van der Waals surface area contributed by atoms with Crippen LogP contribution >= 0.6 is 23.2 Å². The summed E-state index contributed by atoms with van der Waals surface area (Å²) < 4.78 is 192. The maximum Gasteiger partial charge on any atom is 0.461 e. The van der Waals surface area contributed by atoms with Crippen molar-refractivity contribution in [2.75, 3.05) is 0 Å². The van der Waals surface area contributed by atoms with Crippen LogP contribution in [0.1, 0.15) is 46.5 Å². The average molecular weight is 1110 g/mol. The zero-order valence-corrected chi connectivity index (χ0v) is 39.5. The van der Waals surface area contributed by atoms with E-state index in [1.54, 1.807) is 60.7 Å². The molecule has 9 nitrogen and oxygen atoms in total. The molecule has 6 aromatic rings. The zero-order valence-electron chi connectivity index (χ0n) is 37.9. The standard InChI is InChI=1S/C25H18ClF7N2O2.C21H16ClF5N2O.C4H4F2O2/c26-16-6-7-20(34-13-16)23(11-14-4-2-1-3-5-14,35-21(36)19-12-24(19,30)31)15-8-17(27)10-18(9-15)37-25(32,33)22(28)29;22-15-6-7-18(29-12-15)20(28,11-13-4-2-1-3-5-13)14-8-16(23)10-17(9-14)30-21(26,27)19(24)25;5-4(6)1-2(4)3(7)8/h1-10,13,19,22H,11-12H2,(H,35,36);1-10,12,19H,11,28H2;2H,1H2,(H,7,8)/t19?,23-;20-;/m00./s1. The number of hydrogen-bond acceptors (Lipinski definition) is 7. The van der Waals surface area contributed by atoms with Crippen molar-refractivity contribution in [1.29, 1.82) is 0 Å². The maximum atomic E-state index is 14.7. The first-order valence-electron chi connectivity index (χ1n) is 21.7. The fourth-order valence-electron chi connectivity index (χ4n) is 7.38. The van der Waals surface area contributed by atoms with Crippen molar-refractivity contribution in [3.63, 3.8) is 0 Å². The quantitative estimate of drug-likeness (QED) is 0.0768. The predicted molar refractivity (Wildman–Crippen MR) is 242 cm³/mol. The molecule has 2 saturated carbocycles. The lowest BCUT2D eigenvalue weighted by Crippen LogP contribution is -2.50. The van der Waals surface area contributed by atoms with E-state index >= 15 is 0 Å². The van der Waals surface area contributed by atoms with Crippen LogP contribution in [-0.2, 0) is 33.5 Å². The van der Waals surface area contributed by atoms with Gasteiger partial charge < -0.3 is 25.6 Å². The summed E-state index contributed by atoms with van der Waals surface area (Å²) >= 11 is 11.8. The van der Waals surface area contributed by atoms with Gasteiger partial charge in [-0.25, -0.2) is 26.3 Å². The van der Waals surface area contributed by atoms with Gasteiger partial charge in [-0.2, -0.15) is 35.1 Å². The van der Waals surface area contributed by atoms with Gasteiger partial charge in [0.15, 0.2) is 0 Å². The predicted octanol–water partition coefficient (Wildman–Crippen LogP) is 12.7. The Morgan fingerprint density at radius 3 is 1.44 bits per heavy atom. The zero-order chi connectivity index (χ0) is 55.3. The van der Waals surface area contributed by atoms with Crippen LogP contribution in [0.2, 0.25) is 10.0 Å². The first-order chi connectivity index (χ1) is 35.0. The van der Waals surface area contributed by atoms with Crippen LogP contribution in [0.4, 0.5) is 61.5 Å². The van der Waals surface area contributed by atoms with Gasteiger partial charge in [-0.1, -0.05) is 83.9 Å². The van der Waals surface area contributed by atoms with Crippen molar-refractivity contribution in [2.24, 2.45) is 17.6 Å². The second-order valence-corrected chi connectivity index (χ2v) is 17.9. The number of ether oxygens (including phenoxy) is 2. The van der Waals surface area contributed by atoms with Crippen molar-refractivity contribution < 1.29 is 85.6 Å². The summed E-state index contributed by atoms with van der Waals surface area (Å²) in [5.74, 6) is -15.6. The van der Waals surface area contributed by atoms with Crippen LogP contribution in [0.25, 0.3) is 0 Å². The third-order valence-electron chi connectivity index (χ3n) is 11.4. The second kappa shape index (κ2) is 22.6. The van der Waals surface area contributed by atoms with E-state index < -0.39 is 108 Å². The van der Waals surface area contributed by atoms with E-state index in [-0.39, 0.29) is 40.4 Å². The molecular weight excluding hydrogens is 1070 g/mol. The van der Waals surface area contributed by atoms with Crippen LogP contribution in [0.3, 0.4) is 0 Å². The molecule has 8 rings (SSSR count). The Labute approximate surface area is 426 Å². The number of nitrogens with zero attached hydrogens (tertiary/aromatic N) is 2. The fraction of sp³-hybridized carbons (Fsp3) is 0.280. The minimum absolute atomic E-state index is 0.00441. The molecule has 25 heteroatoms. The van der Waals surface area contributed by atoms with Gasteiger partial charge >= 0.3 is 31.0 Å². The summed E-state index contributed by atoms with van der Waals surface area (Å²) in [4.78, 5) is 31.0. The fourth-order valence-corrected chi connectivity index (χ4v) is 7.60. The second-order valence-electron chi connectivity index (χ2n) is 17.1. The normalized spacial score (nSPS) is 18.0. The number of nitrogens with two attached hydrogens (primary N) is 1. The van der Waals surface area contributed by atoms with E-state index in [1.165, 1.54) is 36.7 Å². The molecule has 2 heterocycles. The van der Waals surface area contributed by atoms with Crippen LogP contribution < -0.4 is 20.5 Å². The van der Waals surface area contributed by atoms with Gasteiger partial charge in [0.2, 0.25) is 5.91 Å². The highest BCUT2D eigenvalue weighted by molar-refractivity contribution is 6.30. The molecule has 4 aromatic carbocycles. The Bertz CT molecular complexity index is 2930. The molecular formula is C50H38Cl2F14N4O5. The van der Waals surface area contributed by atoms with Crippen LogP contribution in [0.5, 0.6) is 11.5 Å². The van der Waals surface area contributed by atoms with Crippen molar-refractivity contribution in [1.82, 2.24) is 15.3 Å².